The smallest absolute Gasteiger partial charge is 0.240 e. The molecule has 142 valence electrons. The van der Waals surface area contributed by atoms with Crippen molar-refractivity contribution >= 4 is 27.3 Å². The van der Waals surface area contributed by atoms with Gasteiger partial charge in [0.15, 0.2) is 5.96 Å². The molecule has 1 aromatic heterocycles. The highest BCUT2D eigenvalue weighted by molar-refractivity contribution is 7.89. The van der Waals surface area contributed by atoms with Crippen molar-refractivity contribution in [3.05, 3.63) is 52.2 Å². The lowest BCUT2D eigenvalue weighted by molar-refractivity contribution is 0.204. The molecule has 26 heavy (non-hydrogen) atoms. The number of guanidine groups is 1. The second kappa shape index (κ2) is 10.3. The van der Waals surface area contributed by atoms with Gasteiger partial charge >= 0.3 is 0 Å². The Kier molecular flexibility index (Phi) is 8.05. The van der Waals surface area contributed by atoms with Gasteiger partial charge in [-0.25, -0.2) is 18.1 Å². The SMILES string of the molecule is COCCNS(=O)(=O)c1cccc(CN=C(N)NCCc2cccs2)c1. The third-order valence-electron chi connectivity index (χ3n) is 3.50. The lowest BCUT2D eigenvalue weighted by Crippen LogP contribution is -2.33. The average Bonchev–Trinajstić information content (AvgIpc) is 3.14. The van der Waals surface area contributed by atoms with Gasteiger partial charge in [-0.2, -0.15) is 0 Å². The minimum absolute atomic E-state index is 0.200. The number of rotatable bonds is 10. The third-order valence-corrected chi connectivity index (χ3v) is 5.89. The van der Waals surface area contributed by atoms with Gasteiger partial charge in [-0.1, -0.05) is 18.2 Å². The van der Waals surface area contributed by atoms with Crippen molar-refractivity contribution in [2.45, 2.75) is 17.9 Å². The van der Waals surface area contributed by atoms with Gasteiger partial charge < -0.3 is 15.8 Å². The quantitative estimate of drug-likeness (QED) is 0.319. The minimum Gasteiger partial charge on any atom is -0.383 e. The Morgan fingerprint density at radius 2 is 2.12 bits per heavy atom. The second-order valence-corrected chi connectivity index (χ2v) is 8.29. The number of benzene rings is 1. The van der Waals surface area contributed by atoms with Crippen LogP contribution in [0, 0.1) is 0 Å². The normalized spacial score (nSPS) is 12.3. The van der Waals surface area contributed by atoms with Gasteiger partial charge in [-0.05, 0) is 35.6 Å². The van der Waals surface area contributed by atoms with E-state index in [1.807, 2.05) is 17.5 Å². The van der Waals surface area contributed by atoms with E-state index in [4.69, 9.17) is 10.5 Å². The van der Waals surface area contributed by atoms with E-state index in [9.17, 15) is 8.42 Å². The highest BCUT2D eigenvalue weighted by Gasteiger charge is 2.13. The largest absolute Gasteiger partial charge is 0.383 e. The third kappa shape index (κ3) is 6.75. The molecule has 7 nitrogen and oxygen atoms in total. The number of thiophene rings is 1. The Hall–Kier alpha value is -1.94. The van der Waals surface area contributed by atoms with Gasteiger partial charge in [0, 0.05) is 25.1 Å². The maximum Gasteiger partial charge on any atom is 0.240 e. The molecule has 0 saturated carbocycles. The Morgan fingerprint density at radius 3 is 2.85 bits per heavy atom. The van der Waals surface area contributed by atoms with E-state index in [0.29, 0.717) is 25.7 Å². The summed E-state index contributed by atoms with van der Waals surface area (Å²) in [5, 5.41) is 5.10. The predicted octanol–water partition coefficient (Wildman–Crippen LogP) is 1.32. The van der Waals surface area contributed by atoms with Crippen LogP contribution in [0.4, 0.5) is 0 Å². The average molecular weight is 397 g/mol. The van der Waals surface area contributed by atoms with E-state index in [-0.39, 0.29) is 11.4 Å². The highest BCUT2D eigenvalue weighted by atomic mass is 32.2. The van der Waals surface area contributed by atoms with E-state index in [1.165, 1.54) is 12.0 Å². The number of methoxy groups -OCH3 is 1. The fraction of sp³-hybridized carbons (Fsp3) is 0.353. The fourth-order valence-electron chi connectivity index (χ4n) is 2.17. The molecule has 1 heterocycles. The van der Waals surface area contributed by atoms with E-state index in [1.54, 1.807) is 29.5 Å². The summed E-state index contributed by atoms with van der Waals surface area (Å²) in [5.74, 6) is 0.341. The van der Waals surface area contributed by atoms with Crippen molar-refractivity contribution in [1.82, 2.24) is 10.0 Å². The van der Waals surface area contributed by atoms with E-state index in [0.717, 1.165) is 12.0 Å². The molecule has 0 amide bonds. The van der Waals surface area contributed by atoms with Crippen LogP contribution in [0.5, 0.6) is 0 Å². The summed E-state index contributed by atoms with van der Waals surface area (Å²) in [6.07, 6.45) is 0.884. The molecular formula is C17H24N4O3S2. The van der Waals surface area contributed by atoms with Crippen LogP contribution in [0.3, 0.4) is 0 Å². The molecule has 0 atom stereocenters. The summed E-state index contributed by atoms with van der Waals surface area (Å²) >= 11 is 1.70. The van der Waals surface area contributed by atoms with Crippen molar-refractivity contribution in [3.8, 4) is 0 Å². The molecule has 0 bridgehead atoms. The summed E-state index contributed by atoms with van der Waals surface area (Å²) in [5.41, 5.74) is 6.63. The van der Waals surface area contributed by atoms with Crippen LogP contribution in [-0.4, -0.2) is 41.2 Å². The van der Waals surface area contributed by atoms with E-state index < -0.39 is 10.0 Å². The molecule has 0 saturated heterocycles. The van der Waals surface area contributed by atoms with Gasteiger partial charge in [0.1, 0.15) is 0 Å². The molecule has 0 aliphatic heterocycles. The summed E-state index contributed by atoms with van der Waals surface area (Å²) in [4.78, 5) is 5.74. The van der Waals surface area contributed by atoms with Crippen LogP contribution in [0.1, 0.15) is 10.4 Å². The van der Waals surface area contributed by atoms with Crippen molar-refractivity contribution in [2.24, 2.45) is 10.7 Å². The molecule has 4 N–H and O–H groups in total. The van der Waals surface area contributed by atoms with Crippen LogP contribution in [0.25, 0.3) is 0 Å². The number of hydrogen-bond acceptors (Lipinski definition) is 5. The monoisotopic (exact) mass is 396 g/mol. The number of sulfonamides is 1. The molecule has 0 radical (unpaired) electrons. The number of aliphatic imine (C=N–C) groups is 1. The van der Waals surface area contributed by atoms with Crippen LogP contribution >= 0.6 is 11.3 Å². The highest BCUT2D eigenvalue weighted by Crippen LogP contribution is 2.12. The molecule has 0 aliphatic rings. The number of nitrogens with one attached hydrogen (secondary N) is 2. The first kappa shape index (κ1) is 20.4. The molecular weight excluding hydrogens is 372 g/mol. The molecule has 0 spiro atoms. The summed E-state index contributed by atoms with van der Waals surface area (Å²) in [6, 6.07) is 10.7. The summed E-state index contributed by atoms with van der Waals surface area (Å²) in [7, 11) is -2.04. The van der Waals surface area contributed by atoms with Gasteiger partial charge in [-0.3, -0.25) is 0 Å². The van der Waals surface area contributed by atoms with Crippen LogP contribution in [0.2, 0.25) is 0 Å². The number of hydrogen-bond donors (Lipinski definition) is 3. The molecule has 0 fully saturated rings. The maximum atomic E-state index is 12.2. The Morgan fingerprint density at radius 1 is 1.27 bits per heavy atom. The summed E-state index contributed by atoms with van der Waals surface area (Å²) in [6.45, 7) is 1.55. The lowest BCUT2D eigenvalue weighted by Gasteiger charge is -2.08. The molecule has 2 aromatic rings. The van der Waals surface area contributed by atoms with Crippen LogP contribution < -0.4 is 15.8 Å². The van der Waals surface area contributed by atoms with Crippen molar-refractivity contribution in [2.75, 3.05) is 26.8 Å². The first-order valence-electron chi connectivity index (χ1n) is 8.15. The predicted molar refractivity (Wildman–Crippen MR) is 105 cm³/mol. The maximum absolute atomic E-state index is 12.2. The zero-order chi connectivity index (χ0) is 18.8. The molecule has 9 heteroatoms. The Bertz CT molecular complexity index is 805. The van der Waals surface area contributed by atoms with Crippen molar-refractivity contribution in [1.29, 1.82) is 0 Å². The zero-order valence-corrected chi connectivity index (χ0v) is 16.3. The number of nitrogens with two attached hydrogens (primary N) is 1. The van der Waals surface area contributed by atoms with Gasteiger partial charge in [0.25, 0.3) is 0 Å². The summed E-state index contributed by atoms with van der Waals surface area (Å²) < 4.78 is 31.8. The van der Waals surface area contributed by atoms with Crippen LogP contribution in [-0.2, 0) is 27.7 Å². The Balaban J connectivity index is 1.88. The van der Waals surface area contributed by atoms with E-state index >= 15 is 0 Å². The zero-order valence-electron chi connectivity index (χ0n) is 14.6. The van der Waals surface area contributed by atoms with E-state index in [2.05, 4.69) is 21.1 Å². The standard InChI is InChI=1S/C17H24N4O3S2/c1-24-10-9-21-26(22,23)16-6-2-4-14(12-16)13-20-17(18)19-8-7-15-5-3-11-25-15/h2-6,11-12,21H,7-10,13H2,1H3,(H3,18,19,20). The molecule has 0 unspecified atom stereocenters. The van der Waals surface area contributed by atoms with Gasteiger partial charge in [0.05, 0.1) is 18.0 Å². The topological polar surface area (TPSA) is 106 Å². The lowest BCUT2D eigenvalue weighted by atomic mass is 10.2. The fourth-order valence-corrected chi connectivity index (χ4v) is 3.97. The molecule has 2 rings (SSSR count). The molecule has 1 aromatic carbocycles. The number of ether oxygens (including phenoxy) is 1. The van der Waals surface area contributed by atoms with Gasteiger partial charge in [0.2, 0.25) is 10.0 Å². The van der Waals surface area contributed by atoms with Crippen molar-refractivity contribution < 1.29 is 13.2 Å². The minimum atomic E-state index is -3.56. The molecule has 0 aliphatic carbocycles. The second-order valence-electron chi connectivity index (χ2n) is 5.50. The number of nitrogens with zero attached hydrogens (tertiary/aromatic N) is 1. The van der Waals surface area contributed by atoms with Crippen LogP contribution in [0.15, 0.2) is 51.7 Å². The van der Waals surface area contributed by atoms with Gasteiger partial charge in [-0.15, -0.1) is 11.3 Å². The first-order valence-corrected chi connectivity index (χ1v) is 10.5. The first-order chi connectivity index (χ1) is 12.5. The van der Waals surface area contributed by atoms with Crippen molar-refractivity contribution in [3.63, 3.8) is 0 Å². The Labute approximate surface area is 158 Å².